The number of hydrogen-bond donors (Lipinski definition) is 1. The van der Waals surface area contributed by atoms with Gasteiger partial charge in [-0.3, -0.25) is 0 Å². The first-order valence-corrected chi connectivity index (χ1v) is 5.75. The summed E-state index contributed by atoms with van der Waals surface area (Å²) in [6.07, 6.45) is 1.05. The summed E-state index contributed by atoms with van der Waals surface area (Å²) in [5.41, 5.74) is 1.68. The Labute approximate surface area is 101 Å². The van der Waals surface area contributed by atoms with Gasteiger partial charge in [0.05, 0.1) is 11.6 Å². The quantitative estimate of drug-likeness (QED) is 0.850. The highest BCUT2D eigenvalue weighted by molar-refractivity contribution is 5.56. The highest BCUT2D eigenvalue weighted by Crippen LogP contribution is 2.23. The minimum Gasteiger partial charge on any atom is -0.381 e. The zero-order valence-corrected chi connectivity index (χ0v) is 10.1. The lowest BCUT2D eigenvalue weighted by molar-refractivity contribution is 0.414. The molecule has 1 aromatic carbocycles. The molecule has 1 aliphatic rings. The van der Waals surface area contributed by atoms with Crippen molar-refractivity contribution in [2.75, 3.05) is 25.5 Å². The number of benzene rings is 1. The van der Waals surface area contributed by atoms with E-state index in [9.17, 15) is 4.39 Å². The van der Waals surface area contributed by atoms with Gasteiger partial charge in [-0.25, -0.2) is 4.39 Å². The number of nitriles is 1. The van der Waals surface area contributed by atoms with Gasteiger partial charge in [0.15, 0.2) is 0 Å². The van der Waals surface area contributed by atoms with Crippen LogP contribution in [0.25, 0.3) is 0 Å². The lowest BCUT2D eigenvalue weighted by Crippen LogP contribution is -2.24. The first-order valence-electron chi connectivity index (χ1n) is 5.75. The fraction of sp³-hybridized carbons (Fsp3) is 0.462. The Balaban J connectivity index is 2.20. The molecule has 1 atom stereocenters. The van der Waals surface area contributed by atoms with Crippen molar-refractivity contribution in [3.8, 4) is 6.07 Å². The van der Waals surface area contributed by atoms with Gasteiger partial charge in [-0.1, -0.05) is 0 Å². The van der Waals surface area contributed by atoms with Crippen molar-refractivity contribution in [3.05, 3.63) is 29.1 Å². The van der Waals surface area contributed by atoms with Crippen LogP contribution in [-0.2, 0) is 0 Å². The number of likely N-dealkylation sites (tertiary alicyclic amines) is 1. The van der Waals surface area contributed by atoms with E-state index in [0.29, 0.717) is 17.2 Å². The van der Waals surface area contributed by atoms with Gasteiger partial charge in [0.25, 0.3) is 0 Å². The second kappa shape index (κ2) is 4.72. The molecule has 0 saturated carbocycles. The monoisotopic (exact) mass is 233 g/mol. The molecule has 0 amide bonds. The Hall–Kier alpha value is -1.60. The summed E-state index contributed by atoms with van der Waals surface area (Å²) in [5, 5.41) is 12.1. The number of nitrogens with zero attached hydrogens (tertiary/aromatic N) is 2. The normalized spacial score (nSPS) is 20.2. The lowest BCUT2D eigenvalue weighted by Gasteiger charge is -2.16. The number of anilines is 1. The van der Waals surface area contributed by atoms with Crippen molar-refractivity contribution < 1.29 is 4.39 Å². The summed E-state index contributed by atoms with van der Waals surface area (Å²) < 4.78 is 13.6. The maximum Gasteiger partial charge on any atom is 0.129 e. The van der Waals surface area contributed by atoms with Crippen molar-refractivity contribution in [1.29, 1.82) is 5.26 Å². The van der Waals surface area contributed by atoms with Crippen LogP contribution in [0.3, 0.4) is 0 Å². The van der Waals surface area contributed by atoms with Crippen molar-refractivity contribution in [2.24, 2.45) is 0 Å². The molecule has 0 aliphatic carbocycles. The first kappa shape index (κ1) is 11.9. The van der Waals surface area contributed by atoms with Crippen molar-refractivity contribution >= 4 is 5.69 Å². The molecule has 17 heavy (non-hydrogen) atoms. The molecule has 0 bridgehead atoms. The molecule has 4 heteroatoms. The van der Waals surface area contributed by atoms with E-state index in [-0.39, 0.29) is 5.82 Å². The lowest BCUT2D eigenvalue weighted by atomic mass is 10.1. The maximum atomic E-state index is 13.6. The third kappa shape index (κ3) is 2.56. The number of likely N-dealkylation sites (N-methyl/N-ethyl adjacent to an activating group) is 1. The Morgan fingerprint density at radius 2 is 2.29 bits per heavy atom. The average Bonchev–Trinajstić information content (AvgIpc) is 2.70. The van der Waals surface area contributed by atoms with Crippen LogP contribution in [0.5, 0.6) is 0 Å². The van der Waals surface area contributed by atoms with E-state index in [2.05, 4.69) is 17.3 Å². The van der Waals surface area contributed by atoms with Crippen LogP contribution in [0.4, 0.5) is 10.1 Å². The number of nitrogens with one attached hydrogen (secondary N) is 1. The summed E-state index contributed by atoms with van der Waals surface area (Å²) in [4.78, 5) is 2.23. The highest BCUT2D eigenvalue weighted by Gasteiger charge is 2.20. The molecule has 90 valence electrons. The number of hydrogen-bond acceptors (Lipinski definition) is 3. The van der Waals surface area contributed by atoms with Gasteiger partial charge in [-0.15, -0.1) is 0 Å². The predicted octanol–water partition coefficient (Wildman–Crippen LogP) is 2.12. The van der Waals surface area contributed by atoms with Crippen molar-refractivity contribution in [3.63, 3.8) is 0 Å². The smallest absolute Gasteiger partial charge is 0.129 e. The zero-order chi connectivity index (χ0) is 12.4. The Kier molecular flexibility index (Phi) is 3.30. The van der Waals surface area contributed by atoms with Crippen LogP contribution < -0.4 is 5.32 Å². The molecule has 1 fully saturated rings. The standard InChI is InChI=1S/C13H16FN3/c1-9-12(14)5-10(7-15)6-13(9)16-11-3-4-17(2)8-11/h5-6,11,16H,3-4,8H2,1-2H3. The molecule has 1 aromatic rings. The van der Waals surface area contributed by atoms with Gasteiger partial charge in [0.2, 0.25) is 0 Å². The average molecular weight is 233 g/mol. The van der Waals surface area contributed by atoms with E-state index < -0.39 is 0 Å². The fourth-order valence-electron chi connectivity index (χ4n) is 2.17. The molecule has 0 spiro atoms. The minimum atomic E-state index is -0.321. The van der Waals surface area contributed by atoms with Crippen LogP contribution in [0, 0.1) is 24.1 Å². The molecule has 0 aromatic heterocycles. The summed E-state index contributed by atoms with van der Waals surface area (Å²) >= 11 is 0. The molecule has 1 saturated heterocycles. The van der Waals surface area contributed by atoms with Crippen LogP contribution >= 0.6 is 0 Å². The highest BCUT2D eigenvalue weighted by atomic mass is 19.1. The van der Waals surface area contributed by atoms with E-state index in [1.54, 1.807) is 13.0 Å². The van der Waals surface area contributed by atoms with Gasteiger partial charge in [0.1, 0.15) is 5.82 Å². The Morgan fingerprint density at radius 1 is 1.53 bits per heavy atom. The van der Waals surface area contributed by atoms with Crippen molar-refractivity contribution in [2.45, 2.75) is 19.4 Å². The summed E-state index contributed by atoms with van der Waals surface area (Å²) in [6, 6.07) is 5.32. The zero-order valence-electron chi connectivity index (χ0n) is 10.1. The summed E-state index contributed by atoms with van der Waals surface area (Å²) in [5.74, 6) is -0.321. The third-order valence-electron chi connectivity index (χ3n) is 3.22. The SMILES string of the molecule is Cc1c(F)cc(C#N)cc1NC1CCN(C)C1. The molecule has 3 nitrogen and oxygen atoms in total. The van der Waals surface area contributed by atoms with Gasteiger partial charge in [-0.05, 0) is 39.1 Å². The first-order chi connectivity index (χ1) is 8.10. The minimum absolute atomic E-state index is 0.321. The molecular formula is C13H16FN3. The molecule has 1 unspecified atom stereocenters. The van der Waals surface area contributed by atoms with Gasteiger partial charge < -0.3 is 10.2 Å². The third-order valence-corrected chi connectivity index (χ3v) is 3.22. The summed E-state index contributed by atoms with van der Waals surface area (Å²) in [6.45, 7) is 3.74. The molecule has 0 radical (unpaired) electrons. The molecule has 1 aliphatic heterocycles. The van der Waals surface area contributed by atoms with E-state index in [1.807, 2.05) is 6.07 Å². The van der Waals surface area contributed by atoms with Gasteiger partial charge in [-0.2, -0.15) is 5.26 Å². The van der Waals surface area contributed by atoms with Crippen LogP contribution in [0.1, 0.15) is 17.5 Å². The second-order valence-corrected chi connectivity index (χ2v) is 4.63. The van der Waals surface area contributed by atoms with Gasteiger partial charge >= 0.3 is 0 Å². The number of rotatable bonds is 2. The van der Waals surface area contributed by atoms with E-state index >= 15 is 0 Å². The van der Waals surface area contributed by atoms with Crippen LogP contribution in [-0.4, -0.2) is 31.1 Å². The molecule has 1 N–H and O–H groups in total. The van der Waals surface area contributed by atoms with Crippen LogP contribution in [0.2, 0.25) is 0 Å². The van der Waals surface area contributed by atoms with Crippen molar-refractivity contribution in [1.82, 2.24) is 4.90 Å². The molecular weight excluding hydrogens is 217 g/mol. The van der Waals surface area contributed by atoms with Crippen LogP contribution in [0.15, 0.2) is 12.1 Å². The fourth-order valence-corrected chi connectivity index (χ4v) is 2.17. The summed E-state index contributed by atoms with van der Waals surface area (Å²) in [7, 11) is 2.07. The molecule has 2 rings (SSSR count). The van der Waals surface area contributed by atoms with E-state index in [1.165, 1.54) is 6.07 Å². The van der Waals surface area contributed by atoms with Gasteiger partial charge in [0, 0.05) is 23.8 Å². The Bertz CT molecular complexity index is 464. The maximum absolute atomic E-state index is 13.6. The topological polar surface area (TPSA) is 39.1 Å². The molecule has 1 heterocycles. The Morgan fingerprint density at radius 3 is 2.88 bits per heavy atom. The van der Waals surface area contributed by atoms with E-state index in [4.69, 9.17) is 5.26 Å². The second-order valence-electron chi connectivity index (χ2n) is 4.63. The predicted molar refractivity (Wildman–Crippen MR) is 65.4 cm³/mol. The van der Waals surface area contributed by atoms with E-state index in [0.717, 1.165) is 25.2 Å². The largest absolute Gasteiger partial charge is 0.381 e. The number of halogens is 1.